The quantitative estimate of drug-likeness (QED) is 0.888. The molecule has 4 heteroatoms. The second-order valence-corrected chi connectivity index (χ2v) is 5.56. The van der Waals surface area contributed by atoms with E-state index in [9.17, 15) is 4.79 Å². The second kappa shape index (κ2) is 5.61. The highest BCUT2D eigenvalue weighted by molar-refractivity contribution is 5.70. The molecule has 1 atom stereocenters. The standard InChI is InChI=1S/C15H20O4/c1-15(2)8-7-13(19-15)10-18-12-5-3-11(4-6-12)9-14(16)17/h3-6,13H,7-10H2,1-2H3,(H,16,17). The van der Waals surface area contributed by atoms with E-state index in [1.165, 1.54) is 0 Å². The normalized spacial score (nSPS) is 21.3. The summed E-state index contributed by atoms with van der Waals surface area (Å²) in [6, 6.07) is 7.17. The SMILES string of the molecule is CC1(C)CCC(COc2ccc(CC(=O)O)cc2)O1. The van der Waals surface area contributed by atoms with Gasteiger partial charge in [-0.2, -0.15) is 0 Å². The lowest BCUT2D eigenvalue weighted by molar-refractivity contribution is -0.136. The van der Waals surface area contributed by atoms with Crippen LogP contribution in [0.4, 0.5) is 0 Å². The van der Waals surface area contributed by atoms with E-state index < -0.39 is 5.97 Å². The smallest absolute Gasteiger partial charge is 0.307 e. The maximum Gasteiger partial charge on any atom is 0.307 e. The first kappa shape index (κ1) is 13.9. The van der Waals surface area contributed by atoms with Crippen LogP contribution in [0.1, 0.15) is 32.3 Å². The number of hydrogen-bond acceptors (Lipinski definition) is 3. The molecule has 0 saturated carbocycles. The molecular weight excluding hydrogens is 244 g/mol. The van der Waals surface area contributed by atoms with E-state index in [0.717, 1.165) is 24.2 Å². The summed E-state index contributed by atoms with van der Waals surface area (Å²) in [4.78, 5) is 10.6. The first-order valence-electron chi connectivity index (χ1n) is 6.56. The zero-order chi connectivity index (χ0) is 13.9. The molecule has 19 heavy (non-hydrogen) atoms. The van der Waals surface area contributed by atoms with Crippen LogP contribution in [0.15, 0.2) is 24.3 Å². The molecule has 1 saturated heterocycles. The zero-order valence-electron chi connectivity index (χ0n) is 11.4. The Morgan fingerprint density at radius 3 is 2.63 bits per heavy atom. The Morgan fingerprint density at radius 1 is 1.42 bits per heavy atom. The Labute approximate surface area is 113 Å². The van der Waals surface area contributed by atoms with Crippen molar-refractivity contribution in [2.24, 2.45) is 0 Å². The van der Waals surface area contributed by atoms with Crippen molar-refractivity contribution in [2.45, 2.75) is 44.8 Å². The summed E-state index contributed by atoms with van der Waals surface area (Å²) in [5, 5.41) is 8.68. The summed E-state index contributed by atoms with van der Waals surface area (Å²) in [7, 11) is 0. The highest BCUT2D eigenvalue weighted by Crippen LogP contribution is 2.29. The summed E-state index contributed by atoms with van der Waals surface area (Å²) >= 11 is 0. The van der Waals surface area contributed by atoms with Gasteiger partial charge in [0.25, 0.3) is 0 Å². The van der Waals surface area contributed by atoms with Crippen LogP contribution in [0.5, 0.6) is 5.75 Å². The highest BCUT2D eigenvalue weighted by atomic mass is 16.6. The van der Waals surface area contributed by atoms with Crippen molar-refractivity contribution < 1.29 is 19.4 Å². The number of rotatable bonds is 5. The van der Waals surface area contributed by atoms with Gasteiger partial charge in [-0.05, 0) is 44.4 Å². The number of aliphatic carboxylic acids is 1. The van der Waals surface area contributed by atoms with Crippen molar-refractivity contribution in [3.05, 3.63) is 29.8 Å². The van der Waals surface area contributed by atoms with E-state index in [1.807, 2.05) is 0 Å². The summed E-state index contributed by atoms with van der Waals surface area (Å²) in [5.41, 5.74) is 0.734. The Balaban J connectivity index is 1.82. The van der Waals surface area contributed by atoms with Crippen LogP contribution >= 0.6 is 0 Å². The molecule has 0 spiro atoms. The molecule has 0 aromatic heterocycles. The highest BCUT2D eigenvalue weighted by Gasteiger charge is 2.31. The number of carboxylic acid groups (broad SMARTS) is 1. The molecule has 1 aliphatic rings. The minimum absolute atomic E-state index is 0.0419. The van der Waals surface area contributed by atoms with E-state index in [0.29, 0.717) is 6.61 Å². The van der Waals surface area contributed by atoms with E-state index in [-0.39, 0.29) is 18.1 Å². The lowest BCUT2D eigenvalue weighted by Crippen LogP contribution is -2.23. The Kier molecular flexibility index (Phi) is 4.10. The minimum atomic E-state index is -0.824. The van der Waals surface area contributed by atoms with Crippen LogP contribution in [0.2, 0.25) is 0 Å². The molecule has 0 amide bonds. The first-order valence-corrected chi connectivity index (χ1v) is 6.56. The van der Waals surface area contributed by atoms with E-state index >= 15 is 0 Å². The summed E-state index contributed by atoms with van der Waals surface area (Å²) in [6.45, 7) is 4.73. The van der Waals surface area contributed by atoms with Crippen molar-refractivity contribution in [3.8, 4) is 5.75 Å². The molecule has 1 N–H and O–H groups in total. The average Bonchev–Trinajstić information content (AvgIpc) is 2.67. The third kappa shape index (κ3) is 4.24. The maximum atomic E-state index is 10.6. The minimum Gasteiger partial charge on any atom is -0.491 e. The van der Waals surface area contributed by atoms with Gasteiger partial charge in [0.05, 0.1) is 18.1 Å². The van der Waals surface area contributed by atoms with E-state index in [2.05, 4.69) is 13.8 Å². The van der Waals surface area contributed by atoms with Gasteiger partial charge in [0.2, 0.25) is 0 Å². The number of carbonyl (C=O) groups is 1. The maximum absolute atomic E-state index is 10.6. The zero-order valence-corrected chi connectivity index (χ0v) is 11.4. The number of benzene rings is 1. The van der Waals surface area contributed by atoms with Crippen LogP contribution in [0, 0.1) is 0 Å². The van der Waals surface area contributed by atoms with Gasteiger partial charge in [0.1, 0.15) is 12.4 Å². The Hall–Kier alpha value is -1.55. The molecule has 1 fully saturated rings. The number of carboxylic acids is 1. The third-order valence-electron chi connectivity index (χ3n) is 3.27. The van der Waals surface area contributed by atoms with Crippen LogP contribution in [0.25, 0.3) is 0 Å². The second-order valence-electron chi connectivity index (χ2n) is 5.56. The average molecular weight is 264 g/mol. The van der Waals surface area contributed by atoms with Gasteiger partial charge in [-0.25, -0.2) is 0 Å². The van der Waals surface area contributed by atoms with Gasteiger partial charge in [-0.15, -0.1) is 0 Å². The Bertz CT molecular complexity index is 436. The lowest BCUT2D eigenvalue weighted by atomic mass is 10.1. The predicted octanol–water partition coefficient (Wildman–Crippen LogP) is 2.65. The predicted molar refractivity (Wildman–Crippen MR) is 71.5 cm³/mol. The van der Waals surface area contributed by atoms with Crippen molar-refractivity contribution in [2.75, 3.05) is 6.61 Å². The van der Waals surface area contributed by atoms with Gasteiger partial charge in [0.15, 0.2) is 0 Å². The fraction of sp³-hybridized carbons (Fsp3) is 0.533. The molecule has 1 unspecified atom stereocenters. The molecule has 104 valence electrons. The van der Waals surface area contributed by atoms with Gasteiger partial charge in [-0.1, -0.05) is 12.1 Å². The van der Waals surface area contributed by atoms with Crippen molar-refractivity contribution in [1.82, 2.24) is 0 Å². The van der Waals surface area contributed by atoms with Crippen LogP contribution in [0.3, 0.4) is 0 Å². The number of ether oxygens (including phenoxy) is 2. The van der Waals surface area contributed by atoms with Crippen LogP contribution in [-0.2, 0) is 16.0 Å². The van der Waals surface area contributed by atoms with Gasteiger partial charge < -0.3 is 14.6 Å². The van der Waals surface area contributed by atoms with Crippen LogP contribution in [-0.4, -0.2) is 29.4 Å². The summed E-state index contributed by atoms with van der Waals surface area (Å²) < 4.78 is 11.5. The summed E-state index contributed by atoms with van der Waals surface area (Å²) in [5.74, 6) is -0.0716. The molecule has 0 aliphatic carbocycles. The molecule has 2 rings (SSSR count). The molecule has 0 radical (unpaired) electrons. The fourth-order valence-corrected chi connectivity index (χ4v) is 2.26. The molecule has 1 aliphatic heterocycles. The van der Waals surface area contributed by atoms with Gasteiger partial charge in [-0.3, -0.25) is 4.79 Å². The van der Waals surface area contributed by atoms with Crippen molar-refractivity contribution >= 4 is 5.97 Å². The summed E-state index contributed by atoms with van der Waals surface area (Å²) in [6.07, 6.45) is 2.26. The molecule has 1 aromatic carbocycles. The van der Waals surface area contributed by atoms with Crippen molar-refractivity contribution in [3.63, 3.8) is 0 Å². The van der Waals surface area contributed by atoms with E-state index in [1.54, 1.807) is 24.3 Å². The van der Waals surface area contributed by atoms with E-state index in [4.69, 9.17) is 14.6 Å². The topological polar surface area (TPSA) is 55.8 Å². The monoisotopic (exact) mass is 264 g/mol. The number of hydrogen-bond donors (Lipinski definition) is 1. The molecular formula is C15H20O4. The Morgan fingerprint density at radius 2 is 2.11 bits per heavy atom. The third-order valence-corrected chi connectivity index (χ3v) is 3.27. The molecule has 4 nitrogen and oxygen atoms in total. The first-order chi connectivity index (χ1) is 8.94. The van der Waals surface area contributed by atoms with Gasteiger partial charge in [0, 0.05) is 0 Å². The molecule has 1 heterocycles. The van der Waals surface area contributed by atoms with Crippen molar-refractivity contribution in [1.29, 1.82) is 0 Å². The van der Waals surface area contributed by atoms with Gasteiger partial charge >= 0.3 is 5.97 Å². The van der Waals surface area contributed by atoms with Crippen LogP contribution < -0.4 is 4.74 Å². The largest absolute Gasteiger partial charge is 0.491 e. The lowest BCUT2D eigenvalue weighted by Gasteiger charge is -2.19. The fourth-order valence-electron chi connectivity index (χ4n) is 2.26. The molecule has 0 bridgehead atoms. The molecule has 1 aromatic rings.